The molecule has 0 spiro atoms. The van der Waals surface area contributed by atoms with Crippen LogP contribution in [-0.4, -0.2) is 15.3 Å². The van der Waals surface area contributed by atoms with Crippen LogP contribution < -0.4 is 10.9 Å². The van der Waals surface area contributed by atoms with Crippen LogP contribution in [0.5, 0.6) is 0 Å². The highest BCUT2D eigenvalue weighted by molar-refractivity contribution is 5.91. The van der Waals surface area contributed by atoms with E-state index in [2.05, 4.69) is 16.4 Å². The standard InChI is InChI=1S/C22H18N4O2/c1-14-16(11-12-20(27)24-15-7-3-2-4-8-15)22(28)26-19-10-6-5-9-18(19)25-21(26)17(14)13-23/h2-10,25H,11-12H2,1H3,(H,24,27). The molecule has 6 heteroatoms. The zero-order chi connectivity index (χ0) is 19.7. The van der Waals surface area contributed by atoms with Crippen LogP contribution in [0.25, 0.3) is 16.7 Å². The summed E-state index contributed by atoms with van der Waals surface area (Å²) < 4.78 is 1.53. The first-order chi connectivity index (χ1) is 13.6. The van der Waals surface area contributed by atoms with Crippen molar-refractivity contribution in [2.45, 2.75) is 19.8 Å². The van der Waals surface area contributed by atoms with E-state index in [0.29, 0.717) is 33.5 Å². The van der Waals surface area contributed by atoms with Crippen LogP contribution in [0.15, 0.2) is 59.4 Å². The molecule has 2 N–H and O–H groups in total. The molecule has 0 fully saturated rings. The Morgan fingerprint density at radius 3 is 2.61 bits per heavy atom. The van der Waals surface area contributed by atoms with Crippen molar-refractivity contribution < 1.29 is 4.79 Å². The highest BCUT2D eigenvalue weighted by atomic mass is 16.1. The van der Waals surface area contributed by atoms with Gasteiger partial charge in [-0.1, -0.05) is 30.3 Å². The van der Waals surface area contributed by atoms with Crippen molar-refractivity contribution in [3.63, 3.8) is 0 Å². The molecule has 0 saturated heterocycles. The van der Waals surface area contributed by atoms with Gasteiger partial charge in [0.1, 0.15) is 11.7 Å². The summed E-state index contributed by atoms with van der Waals surface area (Å²) in [5, 5.41) is 12.5. The number of fused-ring (bicyclic) bond motifs is 3. The Balaban J connectivity index is 1.73. The van der Waals surface area contributed by atoms with Crippen LogP contribution in [0.3, 0.4) is 0 Å². The van der Waals surface area contributed by atoms with E-state index in [9.17, 15) is 14.9 Å². The van der Waals surface area contributed by atoms with Crippen molar-refractivity contribution >= 4 is 28.3 Å². The fourth-order valence-electron chi connectivity index (χ4n) is 3.50. The van der Waals surface area contributed by atoms with Gasteiger partial charge in [0.2, 0.25) is 5.91 Å². The fourth-order valence-corrected chi connectivity index (χ4v) is 3.50. The topological polar surface area (TPSA) is 90.2 Å². The van der Waals surface area contributed by atoms with Crippen molar-refractivity contribution in [3.05, 3.63) is 81.6 Å². The van der Waals surface area contributed by atoms with Crippen molar-refractivity contribution in [2.24, 2.45) is 0 Å². The molecule has 28 heavy (non-hydrogen) atoms. The second kappa shape index (κ2) is 7.05. The molecule has 138 valence electrons. The van der Waals surface area contributed by atoms with Gasteiger partial charge in [-0.25, -0.2) is 0 Å². The zero-order valence-electron chi connectivity index (χ0n) is 15.3. The van der Waals surface area contributed by atoms with E-state index in [0.717, 1.165) is 5.52 Å². The molecular formula is C22H18N4O2. The molecule has 1 amide bonds. The molecule has 0 unspecified atom stereocenters. The SMILES string of the molecule is Cc1c(CCC(=O)Nc2ccccc2)c(=O)n2c([nH]c3ccccc32)c1C#N. The fraction of sp³-hybridized carbons (Fsp3) is 0.136. The predicted molar refractivity (Wildman–Crippen MR) is 108 cm³/mol. The number of nitrogens with zero attached hydrogens (tertiary/aromatic N) is 2. The maximum atomic E-state index is 13.2. The number of imidazole rings is 1. The maximum Gasteiger partial charge on any atom is 0.260 e. The lowest BCUT2D eigenvalue weighted by molar-refractivity contribution is -0.116. The monoisotopic (exact) mass is 370 g/mol. The molecule has 0 saturated carbocycles. The van der Waals surface area contributed by atoms with E-state index in [-0.39, 0.29) is 24.3 Å². The third kappa shape index (κ3) is 2.93. The van der Waals surface area contributed by atoms with E-state index >= 15 is 0 Å². The number of nitrogens with one attached hydrogen (secondary N) is 2. The van der Waals surface area contributed by atoms with Crippen LogP contribution in [0.1, 0.15) is 23.1 Å². The van der Waals surface area contributed by atoms with Gasteiger partial charge in [-0.05, 0) is 43.2 Å². The molecule has 0 aliphatic rings. The molecule has 0 aliphatic heterocycles. The van der Waals surface area contributed by atoms with Gasteiger partial charge < -0.3 is 10.3 Å². The lowest BCUT2D eigenvalue weighted by Gasteiger charge is -2.09. The van der Waals surface area contributed by atoms with E-state index < -0.39 is 0 Å². The number of rotatable bonds is 4. The van der Waals surface area contributed by atoms with E-state index in [1.807, 2.05) is 54.6 Å². The average molecular weight is 370 g/mol. The van der Waals surface area contributed by atoms with Gasteiger partial charge in [0.25, 0.3) is 5.56 Å². The van der Waals surface area contributed by atoms with Gasteiger partial charge in [-0.2, -0.15) is 5.26 Å². The Hall–Kier alpha value is -3.85. The van der Waals surface area contributed by atoms with Gasteiger partial charge in [0.05, 0.1) is 16.6 Å². The molecule has 0 atom stereocenters. The Morgan fingerprint density at radius 1 is 1.14 bits per heavy atom. The maximum absolute atomic E-state index is 13.2. The van der Waals surface area contributed by atoms with Gasteiger partial charge in [0, 0.05) is 17.7 Å². The summed E-state index contributed by atoms with van der Waals surface area (Å²) in [6, 6.07) is 18.8. The Morgan fingerprint density at radius 2 is 1.86 bits per heavy atom. The first-order valence-electron chi connectivity index (χ1n) is 9.00. The molecule has 0 radical (unpaired) electrons. The number of hydrogen-bond acceptors (Lipinski definition) is 3. The molecule has 2 aromatic carbocycles. The minimum absolute atomic E-state index is 0.157. The first-order valence-corrected chi connectivity index (χ1v) is 9.00. The van der Waals surface area contributed by atoms with Gasteiger partial charge >= 0.3 is 0 Å². The first kappa shape index (κ1) is 17.6. The number of benzene rings is 2. The number of aromatic nitrogens is 2. The van der Waals surface area contributed by atoms with Crippen LogP contribution in [-0.2, 0) is 11.2 Å². The Labute approximate surface area is 161 Å². The summed E-state index contributed by atoms with van der Waals surface area (Å²) in [6.07, 6.45) is 0.421. The van der Waals surface area contributed by atoms with E-state index in [1.54, 1.807) is 6.92 Å². The minimum Gasteiger partial charge on any atom is -0.338 e. The Bertz CT molecular complexity index is 1290. The highest BCUT2D eigenvalue weighted by Gasteiger charge is 2.19. The van der Waals surface area contributed by atoms with Crippen LogP contribution >= 0.6 is 0 Å². The minimum atomic E-state index is -0.198. The second-order valence-corrected chi connectivity index (χ2v) is 6.64. The second-order valence-electron chi connectivity index (χ2n) is 6.64. The lowest BCUT2D eigenvalue weighted by Crippen LogP contribution is -2.22. The number of H-pyrrole nitrogens is 1. The number of aromatic amines is 1. The number of anilines is 1. The molecule has 4 aromatic rings. The van der Waals surface area contributed by atoms with Crippen molar-refractivity contribution in [2.75, 3.05) is 5.32 Å². The van der Waals surface area contributed by atoms with Crippen LogP contribution in [0.4, 0.5) is 5.69 Å². The Kier molecular flexibility index (Phi) is 4.42. The summed E-state index contributed by atoms with van der Waals surface area (Å²) in [7, 11) is 0. The summed E-state index contributed by atoms with van der Waals surface area (Å²) in [6.45, 7) is 1.76. The molecule has 4 rings (SSSR count). The number of para-hydroxylation sites is 3. The van der Waals surface area contributed by atoms with Crippen molar-refractivity contribution in [3.8, 4) is 6.07 Å². The molecule has 0 bridgehead atoms. The molecular weight excluding hydrogens is 352 g/mol. The molecule has 2 heterocycles. The van der Waals surface area contributed by atoms with Crippen molar-refractivity contribution in [1.82, 2.24) is 9.38 Å². The highest BCUT2D eigenvalue weighted by Crippen LogP contribution is 2.22. The number of carbonyl (C=O) groups excluding carboxylic acids is 1. The number of pyridine rings is 1. The van der Waals surface area contributed by atoms with Gasteiger partial charge in [-0.3, -0.25) is 14.0 Å². The summed E-state index contributed by atoms with van der Waals surface area (Å²) >= 11 is 0. The number of nitriles is 1. The van der Waals surface area contributed by atoms with Crippen LogP contribution in [0.2, 0.25) is 0 Å². The van der Waals surface area contributed by atoms with E-state index in [4.69, 9.17) is 0 Å². The smallest absolute Gasteiger partial charge is 0.260 e. The number of amides is 1. The average Bonchev–Trinajstić information content (AvgIpc) is 3.08. The summed E-state index contributed by atoms with van der Waals surface area (Å²) in [5.41, 5.74) is 4.04. The normalized spacial score (nSPS) is 10.9. The predicted octanol–water partition coefficient (Wildman–Crippen LogP) is 3.53. The number of hydrogen-bond donors (Lipinski definition) is 2. The third-order valence-electron chi connectivity index (χ3n) is 4.92. The zero-order valence-corrected chi connectivity index (χ0v) is 15.3. The van der Waals surface area contributed by atoms with Crippen molar-refractivity contribution in [1.29, 1.82) is 5.26 Å². The van der Waals surface area contributed by atoms with Gasteiger partial charge in [0.15, 0.2) is 0 Å². The largest absolute Gasteiger partial charge is 0.338 e. The van der Waals surface area contributed by atoms with Crippen LogP contribution in [0, 0.1) is 18.3 Å². The summed E-state index contributed by atoms with van der Waals surface area (Å²) in [4.78, 5) is 28.6. The van der Waals surface area contributed by atoms with E-state index in [1.165, 1.54) is 4.40 Å². The molecule has 6 nitrogen and oxygen atoms in total. The lowest BCUT2D eigenvalue weighted by atomic mass is 10.0. The summed E-state index contributed by atoms with van der Waals surface area (Å²) in [5.74, 6) is -0.174. The quantitative estimate of drug-likeness (QED) is 0.576. The number of carbonyl (C=O) groups is 1. The molecule has 2 aromatic heterocycles. The van der Waals surface area contributed by atoms with Gasteiger partial charge in [-0.15, -0.1) is 0 Å². The molecule has 0 aliphatic carbocycles. The third-order valence-corrected chi connectivity index (χ3v) is 4.92.